The van der Waals surface area contributed by atoms with E-state index in [4.69, 9.17) is 50.8 Å². The van der Waals surface area contributed by atoms with Gasteiger partial charge in [-0.2, -0.15) is 4.39 Å². The zero-order valence-electron chi connectivity index (χ0n) is 43.0. The number of carbonyl (C=O) groups excluding carboxylic acids is 4. The number of halogens is 4. The normalized spacial score (nSPS) is 11.4. The maximum absolute atomic E-state index is 14.1. The Morgan fingerprint density at radius 1 is 0.507 bits per heavy atom. The van der Waals surface area contributed by atoms with Gasteiger partial charge in [0.25, 0.3) is 0 Å². The summed E-state index contributed by atoms with van der Waals surface area (Å²) in [4.78, 5) is 52.6. The predicted octanol–water partition coefficient (Wildman–Crippen LogP) is 8.90. The summed E-state index contributed by atoms with van der Waals surface area (Å²) >= 11 is 5.89. The van der Waals surface area contributed by atoms with E-state index in [9.17, 15) is 36.7 Å². The smallest absolute Gasteiger partial charge is 0.311 e. The molecule has 0 aliphatic carbocycles. The van der Waals surface area contributed by atoms with Gasteiger partial charge in [-0.3, -0.25) is 19.2 Å². The minimum atomic E-state index is -2.04. The summed E-state index contributed by atoms with van der Waals surface area (Å²) < 4.78 is 92.9. The lowest BCUT2D eigenvalue weighted by Crippen LogP contribution is -2.50. The molecule has 0 spiro atoms. The Bertz CT molecular complexity index is 1630. The van der Waals surface area contributed by atoms with Crippen LogP contribution in [0.15, 0.2) is 0 Å². The van der Waals surface area contributed by atoms with E-state index in [-0.39, 0.29) is 81.3 Å². The molecule has 71 heavy (non-hydrogen) atoms. The average Bonchev–Trinajstić information content (AvgIpc) is 3.36. The lowest BCUT2D eigenvalue weighted by atomic mass is 9.82. The van der Waals surface area contributed by atoms with E-state index >= 15 is 0 Å². The topological polar surface area (TPSA) is 193 Å². The number of amides is 2. The summed E-state index contributed by atoms with van der Waals surface area (Å²) in [5.74, 6) is -9.98. The highest BCUT2D eigenvalue weighted by molar-refractivity contribution is 7.80. The molecule has 0 atom stereocenters. The Morgan fingerprint density at radius 3 is 1.39 bits per heavy atom. The highest BCUT2D eigenvalue weighted by atomic mass is 32.1. The van der Waals surface area contributed by atoms with Crippen LogP contribution in [-0.4, -0.2) is 132 Å². The van der Waals surface area contributed by atoms with Crippen molar-refractivity contribution in [2.45, 2.75) is 162 Å². The monoisotopic (exact) mass is 1040 g/mol. The molecule has 0 aliphatic heterocycles. The molecule has 0 saturated carbocycles. The molecule has 0 aliphatic rings. The van der Waals surface area contributed by atoms with Gasteiger partial charge in [0.05, 0.1) is 70.2 Å². The third-order valence-corrected chi connectivity index (χ3v) is 11.5. The van der Waals surface area contributed by atoms with Crippen molar-refractivity contribution in [3.63, 3.8) is 0 Å². The van der Waals surface area contributed by atoms with Crippen LogP contribution in [-0.2, 0) is 47.6 Å². The standard InChI is InChI=1S/C51H84F4N4O11S/c1-5-27-64-33-36-67-30-21-40(56)41(60)18-22-51(23-19-42(61)57-25-31-68-37-34-65-28-6-2,24-20-43(62)58-26-32-69-38-35-66-29-7-3)59-44(71)16-14-12-10-8-9-11-13-15-17-45(63)70-50-39(4)46(52)47(53)48(54)49(50)55/h56H,5-38H2,1-4H3,(H,57,61)(H,58,62)(H,59,71). The van der Waals surface area contributed by atoms with E-state index in [1.165, 1.54) is 0 Å². The van der Waals surface area contributed by atoms with Gasteiger partial charge in [-0.1, -0.05) is 71.5 Å². The van der Waals surface area contributed by atoms with E-state index in [2.05, 4.69) is 16.0 Å². The number of hydrogen-bond acceptors (Lipinski definition) is 13. The lowest BCUT2D eigenvalue weighted by molar-refractivity contribution is -0.134. The molecule has 4 N–H and O–H groups in total. The van der Waals surface area contributed by atoms with Crippen LogP contribution in [0.3, 0.4) is 0 Å². The number of esters is 1. The molecule has 1 aromatic carbocycles. The number of ketones is 1. The molecule has 15 nitrogen and oxygen atoms in total. The fourth-order valence-electron chi connectivity index (χ4n) is 7.17. The third kappa shape index (κ3) is 31.5. The van der Waals surface area contributed by atoms with Gasteiger partial charge in [0.1, 0.15) is 0 Å². The molecule has 0 aromatic heterocycles. The Labute approximate surface area is 425 Å². The van der Waals surface area contributed by atoms with E-state index in [1.54, 1.807) is 0 Å². The molecule has 1 rings (SSSR count). The minimum Gasteiger partial charge on any atom is -0.423 e. The Balaban J connectivity index is 2.88. The van der Waals surface area contributed by atoms with Crippen molar-refractivity contribution < 1.29 is 69.9 Å². The molecule has 2 amide bonds. The molecule has 0 radical (unpaired) electrons. The zero-order valence-corrected chi connectivity index (χ0v) is 43.8. The van der Waals surface area contributed by atoms with E-state index < -0.39 is 46.1 Å². The van der Waals surface area contributed by atoms with Crippen molar-refractivity contribution in [3.05, 3.63) is 28.8 Å². The van der Waals surface area contributed by atoms with Crippen LogP contribution in [0.2, 0.25) is 0 Å². The Kier molecular flexibility index (Phi) is 38.5. The fourth-order valence-corrected chi connectivity index (χ4v) is 7.53. The fraction of sp³-hybridized carbons (Fsp3) is 0.765. The number of hydrogen-bond donors (Lipinski definition) is 4. The molecule has 0 fully saturated rings. The van der Waals surface area contributed by atoms with Crippen LogP contribution in [0.25, 0.3) is 0 Å². The van der Waals surface area contributed by atoms with Gasteiger partial charge in [0.2, 0.25) is 23.4 Å². The van der Waals surface area contributed by atoms with Gasteiger partial charge >= 0.3 is 5.97 Å². The molecule has 0 saturated heterocycles. The number of thiocarbonyl (C=S) groups is 1. The summed E-state index contributed by atoms with van der Waals surface area (Å²) in [6.45, 7) is 13.0. The largest absolute Gasteiger partial charge is 0.423 e. The third-order valence-electron chi connectivity index (χ3n) is 11.2. The lowest BCUT2D eigenvalue weighted by Gasteiger charge is -2.36. The summed E-state index contributed by atoms with van der Waals surface area (Å²) in [5, 5.41) is 17.8. The van der Waals surface area contributed by atoms with Crippen LogP contribution < -0.4 is 20.7 Å². The van der Waals surface area contributed by atoms with Crippen LogP contribution in [0, 0.1) is 35.6 Å². The minimum absolute atomic E-state index is 0.00714. The summed E-state index contributed by atoms with van der Waals surface area (Å²) in [5.41, 5.74) is -1.63. The number of ether oxygens (including phenoxy) is 7. The summed E-state index contributed by atoms with van der Waals surface area (Å²) in [6.07, 6.45) is 10.4. The van der Waals surface area contributed by atoms with E-state index in [1.807, 2.05) is 20.8 Å². The maximum atomic E-state index is 14.1. The Morgan fingerprint density at radius 2 is 0.915 bits per heavy atom. The highest BCUT2D eigenvalue weighted by Crippen LogP contribution is 2.31. The first-order valence-corrected chi connectivity index (χ1v) is 26.1. The van der Waals surface area contributed by atoms with Gasteiger partial charge in [-0.15, -0.1) is 0 Å². The van der Waals surface area contributed by atoms with Gasteiger partial charge in [-0.05, 0) is 64.7 Å². The van der Waals surface area contributed by atoms with Crippen molar-refractivity contribution in [2.75, 3.05) is 92.4 Å². The van der Waals surface area contributed by atoms with Crippen LogP contribution in [0.5, 0.6) is 5.75 Å². The summed E-state index contributed by atoms with van der Waals surface area (Å²) in [7, 11) is 0. The molecule has 20 heteroatoms. The van der Waals surface area contributed by atoms with Crippen molar-refractivity contribution >= 4 is 46.5 Å². The van der Waals surface area contributed by atoms with Gasteiger partial charge < -0.3 is 54.5 Å². The van der Waals surface area contributed by atoms with Gasteiger partial charge in [0.15, 0.2) is 23.2 Å². The molecule has 408 valence electrons. The van der Waals surface area contributed by atoms with Crippen molar-refractivity contribution in [2.24, 2.45) is 0 Å². The highest BCUT2D eigenvalue weighted by Gasteiger charge is 2.33. The SMILES string of the molecule is CCCOCCOCCNC(=O)CCC(CCC(=O)NCCOCCOCCC)(CCC(=O)C(=N)CCOCCOCCC)NC(=S)CCCCCCCCCCC(=O)Oc1c(C)c(F)c(F)c(F)c1F. The summed E-state index contributed by atoms with van der Waals surface area (Å²) in [6, 6.07) is 0. The quantitative estimate of drug-likeness (QED) is 0.00708. The van der Waals surface area contributed by atoms with Crippen LogP contribution >= 0.6 is 12.2 Å². The number of nitrogens with one attached hydrogen (secondary N) is 4. The molecular weight excluding hydrogens is 953 g/mol. The second kappa shape index (κ2) is 41.8. The first-order chi connectivity index (χ1) is 34.2. The molecule has 0 bridgehead atoms. The Hall–Kier alpha value is -3.66. The average molecular weight is 1040 g/mol. The van der Waals surface area contributed by atoms with Crippen LogP contribution in [0.1, 0.15) is 155 Å². The van der Waals surface area contributed by atoms with Gasteiger partial charge in [0, 0.05) is 76.1 Å². The number of benzene rings is 1. The maximum Gasteiger partial charge on any atom is 0.311 e. The predicted molar refractivity (Wildman–Crippen MR) is 268 cm³/mol. The van der Waals surface area contributed by atoms with Gasteiger partial charge in [-0.25, -0.2) is 13.2 Å². The number of unbranched alkanes of at least 4 members (excludes halogenated alkanes) is 7. The van der Waals surface area contributed by atoms with Crippen molar-refractivity contribution in [3.8, 4) is 5.75 Å². The van der Waals surface area contributed by atoms with Crippen molar-refractivity contribution in [1.82, 2.24) is 16.0 Å². The molecule has 0 unspecified atom stereocenters. The van der Waals surface area contributed by atoms with E-state index in [0.29, 0.717) is 110 Å². The first-order valence-electron chi connectivity index (χ1n) is 25.7. The molecular formula is C51H84F4N4O11S. The zero-order chi connectivity index (χ0) is 52.5. The first kappa shape index (κ1) is 65.4. The molecule has 0 heterocycles. The van der Waals surface area contributed by atoms with Crippen molar-refractivity contribution in [1.29, 1.82) is 5.41 Å². The number of Topliss-reactive ketones (excluding diaryl/α,β-unsaturated/α-hetero) is 1. The van der Waals surface area contributed by atoms with Crippen LogP contribution in [0.4, 0.5) is 17.6 Å². The number of rotatable bonds is 47. The number of carbonyl (C=O) groups is 4. The van der Waals surface area contributed by atoms with E-state index in [0.717, 1.165) is 64.7 Å². The molecule has 1 aromatic rings. The second-order valence-electron chi connectivity index (χ2n) is 17.4. The second-order valence-corrected chi connectivity index (χ2v) is 17.9.